The number of benzene rings is 2. The molecule has 0 amide bonds. The molecule has 0 aliphatic heterocycles. The van der Waals surface area contributed by atoms with Gasteiger partial charge in [-0.3, -0.25) is 0 Å². The molecule has 0 aliphatic carbocycles. The Labute approximate surface area is 295 Å². The summed E-state index contributed by atoms with van der Waals surface area (Å²) in [6.45, 7) is 11.8. The van der Waals surface area contributed by atoms with Crippen molar-refractivity contribution >= 4 is 11.7 Å². The minimum Gasteiger partial charge on any atom is -0.491 e. The first kappa shape index (κ1) is 42.4. The van der Waals surface area contributed by atoms with Crippen molar-refractivity contribution in [2.24, 2.45) is 0 Å². The predicted molar refractivity (Wildman–Crippen MR) is 194 cm³/mol. The van der Waals surface area contributed by atoms with Gasteiger partial charge < -0.3 is 43.2 Å². The van der Waals surface area contributed by atoms with Crippen LogP contribution in [0.5, 0.6) is 5.75 Å². The molecule has 2 rings (SSSR count). The summed E-state index contributed by atoms with van der Waals surface area (Å²) in [5.74, 6) is 0.526. The first-order valence-electron chi connectivity index (χ1n) is 18.4. The highest BCUT2D eigenvalue weighted by Crippen LogP contribution is 2.15. The van der Waals surface area contributed by atoms with E-state index >= 15 is 0 Å². The highest BCUT2D eigenvalue weighted by atomic mass is 16.6. The summed E-state index contributed by atoms with van der Waals surface area (Å²) in [7, 11) is 0. The maximum atomic E-state index is 12.1. The number of carbonyl (C=O) groups excluding carboxylic acids is 1. The molecule has 278 valence electrons. The second-order valence-corrected chi connectivity index (χ2v) is 11.7. The van der Waals surface area contributed by atoms with Crippen LogP contribution in [0.4, 0.5) is 5.69 Å². The van der Waals surface area contributed by atoms with E-state index in [9.17, 15) is 4.79 Å². The van der Waals surface area contributed by atoms with Gasteiger partial charge in [-0.2, -0.15) is 0 Å². The van der Waals surface area contributed by atoms with Gasteiger partial charge in [-0.1, -0.05) is 64.5 Å². The standard InChI is InChI=1S/C39H63NO9/c1-3-5-7-8-9-10-11-35-12-18-38(19-13-35)48-33-31-46-29-27-44-25-23-42-21-22-43-24-26-45-28-30-47-32-34-49-39(41)36-14-16-37(17-15-36)40-20-6-4-2/h12-19,40H,3-11,20-34H2,1-2H3. The molecule has 0 heterocycles. The summed E-state index contributed by atoms with van der Waals surface area (Å²) in [6.07, 6.45) is 11.3. The highest BCUT2D eigenvalue weighted by Gasteiger charge is 2.07. The summed E-state index contributed by atoms with van der Waals surface area (Å²) in [5.41, 5.74) is 2.90. The van der Waals surface area contributed by atoms with Gasteiger partial charge in [0.15, 0.2) is 0 Å². The molecule has 0 bridgehead atoms. The molecule has 2 aromatic rings. The van der Waals surface area contributed by atoms with Crippen molar-refractivity contribution in [2.75, 3.05) is 104 Å². The van der Waals surface area contributed by atoms with Crippen molar-refractivity contribution in [1.82, 2.24) is 0 Å². The third kappa shape index (κ3) is 24.1. The number of hydrogen-bond acceptors (Lipinski definition) is 10. The summed E-state index contributed by atoms with van der Waals surface area (Å²) in [5, 5.41) is 3.32. The lowest BCUT2D eigenvalue weighted by Crippen LogP contribution is -2.15. The minimum atomic E-state index is -0.355. The SMILES string of the molecule is CCCCCCCCc1ccc(OCCOCCOCCOCCOCCOCCOCCOC(=O)c2ccc(NCCCC)cc2)cc1. The first-order valence-corrected chi connectivity index (χ1v) is 18.4. The van der Waals surface area contributed by atoms with Gasteiger partial charge in [-0.25, -0.2) is 4.79 Å². The molecule has 10 nitrogen and oxygen atoms in total. The quantitative estimate of drug-likeness (QED) is 0.0603. The molecular formula is C39H63NO9. The number of ether oxygens (including phenoxy) is 8. The van der Waals surface area contributed by atoms with Gasteiger partial charge >= 0.3 is 5.97 Å². The first-order chi connectivity index (χ1) is 24.2. The molecule has 10 heteroatoms. The Hall–Kier alpha value is -2.73. The molecule has 0 saturated heterocycles. The van der Waals surface area contributed by atoms with E-state index in [1.54, 1.807) is 12.1 Å². The predicted octanol–water partition coefficient (Wildman–Crippen LogP) is 7.14. The van der Waals surface area contributed by atoms with Crippen LogP contribution in [-0.4, -0.2) is 105 Å². The van der Waals surface area contributed by atoms with Crippen LogP contribution >= 0.6 is 0 Å². The lowest BCUT2D eigenvalue weighted by Gasteiger charge is -2.09. The van der Waals surface area contributed by atoms with Gasteiger partial charge in [0.2, 0.25) is 0 Å². The van der Waals surface area contributed by atoms with E-state index in [1.807, 2.05) is 24.3 Å². The van der Waals surface area contributed by atoms with E-state index in [1.165, 1.54) is 44.1 Å². The van der Waals surface area contributed by atoms with Crippen molar-refractivity contribution in [3.05, 3.63) is 59.7 Å². The molecule has 0 saturated carbocycles. The maximum Gasteiger partial charge on any atom is 0.338 e. The molecule has 0 fully saturated rings. The minimum absolute atomic E-state index is 0.196. The van der Waals surface area contributed by atoms with Crippen molar-refractivity contribution in [3.63, 3.8) is 0 Å². The van der Waals surface area contributed by atoms with E-state index in [4.69, 9.17) is 37.9 Å². The number of hydrogen-bond donors (Lipinski definition) is 1. The monoisotopic (exact) mass is 689 g/mol. The molecule has 0 aliphatic rings. The zero-order valence-corrected chi connectivity index (χ0v) is 30.3. The highest BCUT2D eigenvalue weighted by molar-refractivity contribution is 5.89. The smallest absolute Gasteiger partial charge is 0.338 e. The second-order valence-electron chi connectivity index (χ2n) is 11.7. The summed E-state index contributed by atoms with van der Waals surface area (Å²) < 4.78 is 44.1. The fourth-order valence-corrected chi connectivity index (χ4v) is 4.69. The lowest BCUT2D eigenvalue weighted by molar-refractivity contribution is -0.0201. The molecule has 49 heavy (non-hydrogen) atoms. The number of anilines is 1. The van der Waals surface area contributed by atoms with Crippen LogP contribution < -0.4 is 10.1 Å². The number of rotatable bonds is 34. The fraction of sp³-hybridized carbons (Fsp3) is 0.667. The van der Waals surface area contributed by atoms with Crippen LogP contribution in [0.1, 0.15) is 81.1 Å². The van der Waals surface area contributed by atoms with E-state index in [-0.39, 0.29) is 12.6 Å². The van der Waals surface area contributed by atoms with Crippen molar-refractivity contribution in [2.45, 2.75) is 71.6 Å². The number of aryl methyl sites for hydroxylation is 1. The Bertz CT molecular complexity index is 1020. The van der Waals surface area contributed by atoms with E-state index < -0.39 is 0 Å². The van der Waals surface area contributed by atoms with Crippen LogP contribution in [-0.2, 0) is 39.6 Å². The van der Waals surface area contributed by atoms with E-state index in [0.717, 1.165) is 37.2 Å². The molecule has 0 atom stereocenters. The number of carbonyl (C=O) groups is 1. The van der Waals surface area contributed by atoms with Crippen molar-refractivity contribution in [1.29, 1.82) is 0 Å². The molecular weight excluding hydrogens is 626 g/mol. The van der Waals surface area contributed by atoms with Crippen LogP contribution in [0, 0.1) is 0 Å². The van der Waals surface area contributed by atoms with Gasteiger partial charge in [-0.05, 0) is 61.2 Å². The average Bonchev–Trinajstić information content (AvgIpc) is 3.12. The fourth-order valence-electron chi connectivity index (χ4n) is 4.69. The molecule has 0 radical (unpaired) electrons. The number of esters is 1. The molecule has 2 aromatic carbocycles. The second kappa shape index (κ2) is 31.3. The van der Waals surface area contributed by atoms with E-state index in [2.05, 4.69) is 31.3 Å². The van der Waals surface area contributed by atoms with E-state index in [0.29, 0.717) is 91.5 Å². The third-order valence-corrected chi connectivity index (χ3v) is 7.54. The Balaban J connectivity index is 1.25. The summed E-state index contributed by atoms with van der Waals surface area (Å²) in [4.78, 5) is 12.1. The van der Waals surface area contributed by atoms with Gasteiger partial charge in [-0.15, -0.1) is 0 Å². The van der Waals surface area contributed by atoms with Crippen molar-refractivity contribution < 1.29 is 42.7 Å². The Morgan fingerprint density at radius 1 is 0.510 bits per heavy atom. The number of nitrogens with one attached hydrogen (secondary N) is 1. The van der Waals surface area contributed by atoms with Gasteiger partial charge in [0.05, 0.1) is 84.8 Å². The Morgan fingerprint density at radius 2 is 0.980 bits per heavy atom. The van der Waals surface area contributed by atoms with Crippen LogP contribution in [0.25, 0.3) is 0 Å². The van der Waals surface area contributed by atoms with Crippen molar-refractivity contribution in [3.8, 4) is 5.75 Å². The Morgan fingerprint density at radius 3 is 1.51 bits per heavy atom. The molecule has 0 aromatic heterocycles. The maximum absolute atomic E-state index is 12.1. The zero-order valence-electron chi connectivity index (χ0n) is 30.3. The molecule has 0 unspecified atom stereocenters. The van der Waals surface area contributed by atoms with Crippen LogP contribution in [0.2, 0.25) is 0 Å². The molecule has 0 spiro atoms. The van der Waals surface area contributed by atoms with Crippen LogP contribution in [0.15, 0.2) is 48.5 Å². The lowest BCUT2D eigenvalue weighted by atomic mass is 10.0. The zero-order chi connectivity index (χ0) is 34.9. The molecule has 1 N–H and O–H groups in total. The number of unbranched alkanes of at least 4 members (excludes halogenated alkanes) is 6. The van der Waals surface area contributed by atoms with Crippen LogP contribution in [0.3, 0.4) is 0 Å². The Kier molecular flexibility index (Phi) is 27.1. The van der Waals surface area contributed by atoms with Gasteiger partial charge in [0.25, 0.3) is 0 Å². The topological polar surface area (TPSA) is 103 Å². The average molecular weight is 690 g/mol. The van der Waals surface area contributed by atoms with Gasteiger partial charge in [0, 0.05) is 12.2 Å². The summed E-state index contributed by atoms with van der Waals surface area (Å²) >= 11 is 0. The van der Waals surface area contributed by atoms with Gasteiger partial charge in [0.1, 0.15) is 19.0 Å². The largest absolute Gasteiger partial charge is 0.491 e. The normalized spacial score (nSPS) is 11.1. The third-order valence-electron chi connectivity index (χ3n) is 7.54. The summed E-state index contributed by atoms with van der Waals surface area (Å²) in [6, 6.07) is 15.7.